The van der Waals surface area contributed by atoms with Crippen molar-refractivity contribution in [2.75, 3.05) is 23.7 Å². The van der Waals surface area contributed by atoms with Gasteiger partial charge in [-0.1, -0.05) is 23.5 Å². The summed E-state index contributed by atoms with van der Waals surface area (Å²) >= 11 is 2.16. The van der Waals surface area contributed by atoms with Crippen molar-refractivity contribution in [1.29, 1.82) is 0 Å². The van der Waals surface area contributed by atoms with Crippen LogP contribution in [0.4, 0.5) is 5.69 Å². The second-order valence-corrected chi connectivity index (χ2v) is 8.73. The summed E-state index contributed by atoms with van der Waals surface area (Å²) in [6, 6.07) is 7.54. The van der Waals surface area contributed by atoms with Crippen LogP contribution < -0.4 is 9.77 Å². The lowest BCUT2D eigenvalue weighted by atomic mass is 9.70. The number of aromatic nitrogens is 1. The number of nitrogens with zero attached hydrogens (tertiary/aromatic N) is 1. The maximum Gasteiger partial charge on any atom is 0.312 e. The van der Waals surface area contributed by atoms with Crippen LogP contribution in [0.1, 0.15) is 36.6 Å². The Morgan fingerprint density at radius 2 is 1.86 bits per heavy atom. The van der Waals surface area contributed by atoms with E-state index in [2.05, 4.69) is 23.7 Å². The lowest BCUT2D eigenvalue weighted by Gasteiger charge is -2.39. The largest absolute Gasteiger partial charge is 0.481 e. The zero-order chi connectivity index (χ0) is 20.5. The number of fused-ring (bicyclic) bond motifs is 1. The number of benzene rings is 1. The minimum absolute atomic E-state index is 0.0801. The van der Waals surface area contributed by atoms with E-state index in [-0.39, 0.29) is 10.6 Å². The number of nitrogens with one attached hydrogen (secondary N) is 1. The van der Waals surface area contributed by atoms with Gasteiger partial charge in [0.1, 0.15) is 0 Å². The molecule has 28 heavy (non-hydrogen) atoms. The molecule has 0 spiro atoms. The number of anilines is 1. The molecule has 2 aromatic rings. The Balaban J connectivity index is 2.15. The number of carbonyl (C=O) groups is 2. The molecule has 3 rings (SSSR count). The third kappa shape index (κ3) is 3.56. The molecule has 0 fully saturated rings. The Morgan fingerprint density at radius 3 is 2.39 bits per heavy atom. The Bertz CT molecular complexity index is 933. The minimum Gasteiger partial charge on any atom is -0.481 e. The van der Waals surface area contributed by atoms with Crippen molar-refractivity contribution in [3.8, 4) is 0 Å². The number of hydrogen-bond donors (Lipinski definition) is 3. The zero-order valence-corrected chi connectivity index (χ0v) is 17.2. The highest BCUT2D eigenvalue weighted by molar-refractivity contribution is 7.99. The third-order valence-electron chi connectivity index (χ3n) is 5.18. The highest BCUT2D eigenvalue weighted by atomic mass is 32.2. The number of carboxylic acids is 2. The first-order chi connectivity index (χ1) is 13.3. The number of hydrogen-bond acceptors (Lipinski definition) is 6. The van der Waals surface area contributed by atoms with Gasteiger partial charge in [0.25, 0.3) is 0 Å². The van der Waals surface area contributed by atoms with Gasteiger partial charge in [0.2, 0.25) is 0 Å². The standard InChI is InChI=1S/C19H22N2O5S2/c1-3-21(4-2)12-7-5-11(6-8-12)14-15-16(20-18(26)28-15)27-10-19(14,17(24)25)9-13(22)23/h5-8,14H,3-4,9-10H2,1-2H3,(H,20,26)(H,22,23)(H,24,25)/t14-,19-/m1/s1. The fourth-order valence-electron chi connectivity index (χ4n) is 3.78. The summed E-state index contributed by atoms with van der Waals surface area (Å²) < 4.78 is 0. The summed E-state index contributed by atoms with van der Waals surface area (Å²) in [4.78, 5) is 41.0. The highest BCUT2D eigenvalue weighted by Crippen LogP contribution is 2.54. The number of thiazole rings is 1. The second-order valence-electron chi connectivity index (χ2n) is 6.73. The quantitative estimate of drug-likeness (QED) is 0.629. The van der Waals surface area contributed by atoms with Gasteiger partial charge < -0.3 is 20.1 Å². The molecule has 1 aromatic carbocycles. The zero-order valence-electron chi connectivity index (χ0n) is 15.6. The molecule has 0 unspecified atom stereocenters. The first-order valence-corrected chi connectivity index (χ1v) is 10.8. The van der Waals surface area contributed by atoms with E-state index in [1.165, 1.54) is 11.8 Å². The Morgan fingerprint density at radius 1 is 1.21 bits per heavy atom. The van der Waals surface area contributed by atoms with Crippen molar-refractivity contribution in [2.45, 2.75) is 31.2 Å². The molecular formula is C19H22N2O5S2. The van der Waals surface area contributed by atoms with Crippen molar-refractivity contribution >= 4 is 40.7 Å². The van der Waals surface area contributed by atoms with Crippen LogP contribution in [0.5, 0.6) is 0 Å². The van der Waals surface area contributed by atoms with Crippen molar-refractivity contribution in [2.24, 2.45) is 5.41 Å². The molecule has 150 valence electrons. The molecule has 2 atom stereocenters. The van der Waals surface area contributed by atoms with Crippen LogP contribution in [0.2, 0.25) is 0 Å². The smallest absolute Gasteiger partial charge is 0.312 e. The molecule has 0 bridgehead atoms. The molecule has 2 heterocycles. The Hall–Kier alpha value is -2.26. The number of aliphatic carboxylic acids is 2. The summed E-state index contributed by atoms with van der Waals surface area (Å²) in [6.45, 7) is 5.80. The van der Waals surface area contributed by atoms with Crippen molar-refractivity contribution in [3.05, 3.63) is 44.4 Å². The van der Waals surface area contributed by atoms with Gasteiger partial charge >= 0.3 is 16.8 Å². The van der Waals surface area contributed by atoms with Gasteiger partial charge in [0.15, 0.2) is 0 Å². The first kappa shape index (κ1) is 20.5. The van der Waals surface area contributed by atoms with Gasteiger partial charge in [-0.2, -0.15) is 0 Å². The molecule has 0 saturated carbocycles. The summed E-state index contributed by atoms with van der Waals surface area (Å²) in [7, 11) is 0. The molecule has 1 aromatic heterocycles. The predicted octanol–water partition coefficient (Wildman–Crippen LogP) is 3.07. The van der Waals surface area contributed by atoms with Gasteiger partial charge in [-0.3, -0.25) is 14.4 Å². The number of aromatic amines is 1. The average molecular weight is 423 g/mol. The van der Waals surface area contributed by atoms with Crippen LogP contribution in [0.25, 0.3) is 0 Å². The number of carboxylic acid groups (broad SMARTS) is 2. The van der Waals surface area contributed by atoms with Gasteiger partial charge in [-0.25, -0.2) is 0 Å². The van der Waals surface area contributed by atoms with Crippen LogP contribution in [-0.4, -0.2) is 46.0 Å². The van der Waals surface area contributed by atoms with E-state index in [9.17, 15) is 24.6 Å². The van der Waals surface area contributed by atoms with Gasteiger partial charge in [-0.15, -0.1) is 11.8 Å². The highest BCUT2D eigenvalue weighted by Gasteiger charge is 2.53. The lowest BCUT2D eigenvalue weighted by molar-refractivity contribution is -0.155. The van der Waals surface area contributed by atoms with Gasteiger partial charge in [0.05, 0.1) is 16.9 Å². The SMILES string of the molecule is CCN(CC)c1ccc([C@@H]2c3sc(=O)[nH]c3SC[C@@]2(CC(=O)O)C(=O)O)cc1. The monoisotopic (exact) mass is 422 g/mol. The molecule has 1 aliphatic rings. The molecule has 7 nitrogen and oxygen atoms in total. The minimum atomic E-state index is -1.52. The average Bonchev–Trinajstić information content (AvgIpc) is 3.02. The van der Waals surface area contributed by atoms with Crippen LogP contribution in [0, 0.1) is 5.41 Å². The summed E-state index contributed by atoms with van der Waals surface area (Å²) in [6.07, 6.45) is -0.511. The number of thioether (sulfide) groups is 1. The molecule has 0 aliphatic carbocycles. The summed E-state index contributed by atoms with van der Waals surface area (Å²) in [5.74, 6) is -2.95. The van der Waals surface area contributed by atoms with Gasteiger partial charge in [-0.05, 0) is 31.5 Å². The van der Waals surface area contributed by atoms with E-state index >= 15 is 0 Å². The molecule has 0 saturated heterocycles. The fraction of sp³-hybridized carbons (Fsp3) is 0.421. The lowest BCUT2D eigenvalue weighted by Crippen LogP contribution is -2.44. The molecular weight excluding hydrogens is 400 g/mol. The fourth-order valence-corrected chi connectivity index (χ4v) is 6.34. The number of H-pyrrole nitrogens is 1. The maximum absolute atomic E-state index is 12.3. The molecule has 0 radical (unpaired) electrons. The summed E-state index contributed by atoms with van der Waals surface area (Å²) in [5.41, 5.74) is 0.197. The van der Waals surface area contributed by atoms with Gasteiger partial charge in [0, 0.05) is 35.3 Å². The topological polar surface area (TPSA) is 111 Å². The van der Waals surface area contributed by atoms with Crippen molar-refractivity contribution in [3.63, 3.8) is 0 Å². The second kappa shape index (κ2) is 8.00. The first-order valence-electron chi connectivity index (χ1n) is 8.98. The van der Waals surface area contributed by atoms with Crippen molar-refractivity contribution < 1.29 is 19.8 Å². The molecule has 9 heteroatoms. The van der Waals surface area contributed by atoms with E-state index in [1.54, 1.807) is 0 Å². The molecule has 1 aliphatic heterocycles. The van der Waals surface area contributed by atoms with Crippen molar-refractivity contribution in [1.82, 2.24) is 4.98 Å². The normalized spacial score (nSPS) is 21.1. The Kier molecular flexibility index (Phi) is 5.85. The maximum atomic E-state index is 12.3. The predicted molar refractivity (Wildman–Crippen MR) is 110 cm³/mol. The van der Waals surface area contributed by atoms with E-state index < -0.39 is 29.7 Å². The van der Waals surface area contributed by atoms with E-state index in [0.717, 1.165) is 30.1 Å². The van der Waals surface area contributed by atoms with Crippen LogP contribution in [0.15, 0.2) is 34.1 Å². The van der Waals surface area contributed by atoms with E-state index in [1.807, 2.05) is 24.3 Å². The van der Waals surface area contributed by atoms with E-state index in [4.69, 9.17) is 0 Å². The van der Waals surface area contributed by atoms with Crippen LogP contribution >= 0.6 is 23.1 Å². The molecule has 3 N–H and O–H groups in total. The summed E-state index contributed by atoms with van der Waals surface area (Å²) in [5, 5.41) is 20.1. The third-order valence-corrected chi connectivity index (χ3v) is 7.53. The molecule has 0 amide bonds. The number of rotatable bonds is 7. The van der Waals surface area contributed by atoms with E-state index in [0.29, 0.717) is 15.5 Å². The van der Waals surface area contributed by atoms with Crippen LogP contribution in [0.3, 0.4) is 0 Å². The Labute approximate surface area is 170 Å². The van der Waals surface area contributed by atoms with Crippen LogP contribution in [-0.2, 0) is 9.59 Å².